The van der Waals surface area contributed by atoms with Crippen molar-refractivity contribution in [3.8, 4) is 22.8 Å². The molecule has 5 heteroatoms. The molecule has 2 aromatic carbocycles. The summed E-state index contributed by atoms with van der Waals surface area (Å²) in [4.78, 5) is 2.48. The maximum Gasteiger partial charge on any atom is 0.127 e. The van der Waals surface area contributed by atoms with Crippen molar-refractivity contribution in [3.63, 3.8) is 0 Å². The van der Waals surface area contributed by atoms with E-state index in [1.54, 1.807) is 0 Å². The molecule has 5 nitrogen and oxygen atoms in total. The van der Waals surface area contributed by atoms with Gasteiger partial charge in [-0.05, 0) is 74.2 Å². The monoisotopic (exact) mass is 419 g/mol. The lowest BCUT2D eigenvalue weighted by atomic mass is 9.85. The molecule has 1 fully saturated rings. The number of rotatable bonds is 7. The Hall–Kier alpha value is -2.63. The zero-order valence-corrected chi connectivity index (χ0v) is 18.7. The van der Waals surface area contributed by atoms with Gasteiger partial charge < -0.3 is 9.84 Å². The number of hydrogen-bond acceptors (Lipinski definition) is 4. The van der Waals surface area contributed by atoms with Gasteiger partial charge in [0.25, 0.3) is 0 Å². The second kappa shape index (κ2) is 9.67. The Balaban J connectivity index is 1.42. The molecule has 164 valence electrons. The van der Waals surface area contributed by atoms with Crippen molar-refractivity contribution in [1.29, 1.82) is 0 Å². The molecule has 1 unspecified atom stereocenters. The standard InChI is InChI=1S/C26H33N3O2/c1-19(2)26(30)21-13-15-29(16-14-21)18-22-17-28(3)27-25(22)20-9-11-24(12-10-20)31-23-7-5-4-6-8-23/h4-12,17,19,21,26,30H,13-16,18H2,1-3H3. The van der Waals surface area contributed by atoms with E-state index in [4.69, 9.17) is 9.84 Å². The molecule has 0 radical (unpaired) electrons. The molecule has 1 saturated heterocycles. The molecule has 3 aromatic rings. The van der Waals surface area contributed by atoms with E-state index in [2.05, 4.69) is 37.1 Å². The van der Waals surface area contributed by atoms with Gasteiger partial charge in [0.05, 0.1) is 11.8 Å². The first-order chi connectivity index (χ1) is 15.0. The number of aromatic nitrogens is 2. The van der Waals surface area contributed by atoms with E-state index in [-0.39, 0.29) is 6.10 Å². The molecule has 1 aliphatic heterocycles. The smallest absolute Gasteiger partial charge is 0.127 e. The first-order valence-corrected chi connectivity index (χ1v) is 11.3. The van der Waals surface area contributed by atoms with E-state index in [9.17, 15) is 5.11 Å². The number of hydrogen-bond donors (Lipinski definition) is 1. The van der Waals surface area contributed by atoms with Gasteiger partial charge in [-0.25, -0.2) is 0 Å². The fourth-order valence-corrected chi connectivity index (χ4v) is 4.44. The van der Waals surface area contributed by atoms with Crippen LogP contribution in [-0.2, 0) is 13.6 Å². The Bertz CT molecular complexity index is 958. The first-order valence-electron chi connectivity index (χ1n) is 11.3. The summed E-state index contributed by atoms with van der Waals surface area (Å²) in [5, 5.41) is 15.1. The van der Waals surface area contributed by atoms with Gasteiger partial charge in [-0.2, -0.15) is 5.10 Å². The van der Waals surface area contributed by atoms with Crippen LogP contribution in [0.5, 0.6) is 11.5 Å². The summed E-state index contributed by atoms with van der Waals surface area (Å²) in [6.45, 7) is 7.14. The number of nitrogens with zero attached hydrogens (tertiary/aromatic N) is 3. The molecule has 31 heavy (non-hydrogen) atoms. The topological polar surface area (TPSA) is 50.5 Å². The highest BCUT2D eigenvalue weighted by Crippen LogP contribution is 2.30. The third-order valence-electron chi connectivity index (χ3n) is 6.20. The van der Waals surface area contributed by atoms with Gasteiger partial charge in [0, 0.05) is 30.9 Å². The second-order valence-corrected chi connectivity index (χ2v) is 8.96. The Labute approximate surface area is 185 Å². The SMILES string of the molecule is CC(C)C(O)C1CCN(Cc2cn(C)nc2-c2ccc(Oc3ccccc3)cc2)CC1. The van der Waals surface area contributed by atoms with Crippen LogP contribution >= 0.6 is 0 Å². The summed E-state index contributed by atoms with van der Waals surface area (Å²) in [5.41, 5.74) is 3.36. The van der Waals surface area contributed by atoms with E-state index in [1.165, 1.54) is 5.56 Å². The summed E-state index contributed by atoms with van der Waals surface area (Å²) >= 11 is 0. The lowest BCUT2D eigenvalue weighted by Gasteiger charge is -2.35. The molecule has 1 aromatic heterocycles. The highest BCUT2D eigenvalue weighted by molar-refractivity contribution is 5.63. The molecule has 4 rings (SSSR count). The van der Waals surface area contributed by atoms with Crippen molar-refractivity contribution in [2.75, 3.05) is 13.1 Å². The molecule has 0 amide bonds. The van der Waals surface area contributed by atoms with E-state index < -0.39 is 0 Å². The highest BCUT2D eigenvalue weighted by Gasteiger charge is 2.27. The van der Waals surface area contributed by atoms with Crippen LogP contribution in [0.2, 0.25) is 0 Å². The van der Waals surface area contributed by atoms with Crippen LogP contribution in [0.4, 0.5) is 0 Å². The van der Waals surface area contributed by atoms with Crippen LogP contribution in [0.1, 0.15) is 32.3 Å². The van der Waals surface area contributed by atoms with Gasteiger partial charge in [-0.3, -0.25) is 9.58 Å². The Morgan fingerprint density at radius 1 is 1.00 bits per heavy atom. The van der Waals surface area contributed by atoms with Crippen LogP contribution in [0.25, 0.3) is 11.3 Å². The van der Waals surface area contributed by atoms with Crippen LogP contribution < -0.4 is 4.74 Å². The van der Waals surface area contributed by atoms with Crippen LogP contribution in [0, 0.1) is 11.8 Å². The Kier molecular flexibility index (Phi) is 6.73. The van der Waals surface area contributed by atoms with Crippen molar-refractivity contribution in [2.24, 2.45) is 18.9 Å². The number of aliphatic hydroxyl groups is 1. The summed E-state index contributed by atoms with van der Waals surface area (Å²) in [6.07, 6.45) is 4.05. The van der Waals surface area contributed by atoms with Gasteiger partial charge in [0.15, 0.2) is 0 Å². The molecule has 1 aliphatic rings. The fraction of sp³-hybridized carbons (Fsp3) is 0.423. The minimum atomic E-state index is -0.187. The molecule has 2 heterocycles. The van der Waals surface area contributed by atoms with Crippen molar-refractivity contribution in [1.82, 2.24) is 14.7 Å². The molecule has 0 spiro atoms. The van der Waals surface area contributed by atoms with Crippen LogP contribution in [0.15, 0.2) is 60.8 Å². The van der Waals surface area contributed by atoms with Gasteiger partial charge in [0.1, 0.15) is 11.5 Å². The number of para-hydroxylation sites is 1. The van der Waals surface area contributed by atoms with Crippen LogP contribution in [-0.4, -0.2) is 39.0 Å². The summed E-state index contributed by atoms with van der Waals surface area (Å²) in [7, 11) is 1.98. The number of ether oxygens (including phenoxy) is 1. The number of aliphatic hydroxyl groups excluding tert-OH is 1. The minimum absolute atomic E-state index is 0.187. The fourth-order valence-electron chi connectivity index (χ4n) is 4.44. The van der Waals surface area contributed by atoms with Crippen molar-refractivity contribution in [3.05, 3.63) is 66.4 Å². The first kappa shape index (κ1) is 21.6. The van der Waals surface area contributed by atoms with E-state index >= 15 is 0 Å². The molecule has 1 atom stereocenters. The van der Waals surface area contributed by atoms with Gasteiger partial charge >= 0.3 is 0 Å². The second-order valence-electron chi connectivity index (χ2n) is 8.96. The number of piperidine rings is 1. The third kappa shape index (κ3) is 5.35. The van der Waals surface area contributed by atoms with E-state index in [0.29, 0.717) is 11.8 Å². The molecular formula is C26H33N3O2. The summed E-state index contributed by atoms with van der Waals surface area (Å²) in [5.74, 6) is 2.40. The maximum atomic E-state index is 10.4. The molecular weight excluding hydrogens is 386 g/mol. The Morgan fingerprint density at radius 3 is 2.29 bits per heavy atom. The van der Waals surface area contributed by atoms with E-state index in [0.717, 1.165) is 55.2 Å². The lowest BCUT2D eigenvalue weighted by Crippen LogP contribution is -2.39. The van der Waals surface area contributed by atoms with E-state index in [1.807, 2.05) is 54.2 Å². The average Bonchev–Trinajstić information content (AvgIpc) is 3.15. The number of benzene rings is 2. The predicted molar refractivity (Wildman–Crippen MR) is 124 cm³/mol. The quantitative estimate of drug-likeness (QED) is 0.578. The molecule has 0 bridgehead atoms. The van der Waals surface area contributed by atoms with Crippen LogP contribution in [0.3, 0.4) is 0 Å². The Morgan fingerprint density at radius 2 is 1.65 bits per heavy atom. The molecule has 1 N–H and O–H groups in total. The maximum absolute atomic E-state index is 10.4. The lowest BCUT2D eigenvalue weighted by molar-refractivity contribution is 0.0270. The van der Waals surface area contributed by atoms with Crippen molar-refractivity contribution in [2.45, 2.75) is 39.3 Å². The number of likely N-dealkylation sites (tertiary alicyclic amines) is 1. The van der Waals surface area contributed by atoms with Gasteiger partial charge in [0.2, 0.25) is 0 Å². The van der Waals surface area contributed by atoms with Crippen molar-refractivity contribution >= 4 is 0 Å². The normalized spacial score (nSPS) is 16.5. The largest absolute Gasteiger partial charge is 0.457 e. The van der Waals surface area contributed by atoms with Gasteiger partial charge in [-0.1, -0.05) is 32.0 Å². The zero-order valence-electron chi connectivity index (χ0n) is 18.7. The summed E-state index contributed by atoms with van der Waals surface area (Å²) in [6, 6.07) is 18.0. The predicted octanol–water partition coefficient (Wildman–Crippen LogP) is 5.11. The zero-order chi connectivity index (χ0) is 21.8. The third-order valence-corrected chi connectivity index (χ3v) is 6.20. The number of aryl methyl sites for hydroxylation is 1. The van der Waals surface area contributed by atoms with Gasteiger partial charge in [-0.15, -0.1) is 0 Å². The molecule has 0 aliphatic carbocycles. The average molecular weight is 420 g/mol. The summed E-state index contributed by atoms with van der Waals surface area (Å²) < 4.78 is 7.82. The molecule has 0 saturated carbocycles. The minimum Gasteiger partial charge on any atom is -0.457 e. The highest BCUT2D eigenvalue weighted by atomic mass is 16.5. The van der Waals surface area contributed by atoms with Crippen molar-refractivity contribution < 1.29 is 9.84 Å².